The van der Waals surface area contributed by atoms with Crippen LogP contribution in [0.3, 0.4) is 0 Å². The number of likely N-dealkylation sites (tertiary alicyclic amines) is 1. The molecule has 0 spiro atoms. The van der Waals surface area contributed by atoms with Gasteiger partial charge >= 0.3 is 0 Å². The van der Waals surface area contributed by atoms with Crippen LogP contribution < -0.4 is 10.1 Å². The predicted molar refractivity (Wildman–Crippen MR) is 149 cm³/mol. The molecule has 1 saturated heterocycles. The molecule has 0 bridgehead atoms. The molecule has 2 heterocycles. The molecule has 1 N–H and O–H groups in total. The maximum atomic E-state index is 15.4. The molecule has 0 saturated carbocycles. The van der Waals surface area contributed by atoms with Crippen LogP contribution in [0.5, 0.6) is 5.75 Å². The zero-order valence-corrected chi connectivity index (χ0v) is 22.5. The Bertz CT molecular complexity index is 1640. The Kier molecular flexibility index (Phi) is 7.58. The first-order chi connectivity index (χ1) is 19.2. The fourth-order valence-electron chi connectivity index (χ4n) is 5.17. The van der Waals surface area contributed by atoms with E-state index in [9.17, 15) is 18.8 Å². The van der Waals surface area contributed by atoms with E-state index in [4.69, 9.17) is 16.3 Å². The minimum atomic E-state index is -1.42. The van der Waals surface area contributed by atoms with Crippen LogP contribution in [-0.4, -0.2) is 52.9 Å². The highest BCUT2D eigenvalue weighted by molar-refractivity contribution is 6.33. The Labute approximate surface area is 234 Å². The van der Waals surface area contributed by atoms with Gasteiger partial charge in [-0.2, -0.15) is 0 Å². The summed E-state index contributed by atoms with van der Waals surface area (Å²) in [4.78, 5) is 40.1. The summed E-state index contributed by atoms with van der Waals surface area (Å²) in [5.74, 6) is -1.63. The van der Waals surface area contributed by atoms with E-state index in [-0.39, 0.29) is 36.5 Å². The number of rotatable bonds is 7. The average Bonchev–Trinajstić information content (AvgIpc) is 3.51. The van der Waals surface area contributed by atoms with Crippen molar-refractivity contribution < 1.29 is 27.9 Å². The number of hydrogen-bond donors (Lipinski definition) is 1. The molecule has 0 aliphatic carbocycles. The third-order valence-electron chi connectivity index (χ3n) is 7.07. The Balaban J connectivity index is 1.39. The van der Waals surface area contributed by atoms with Crippen molar-refractivity contribution in [1.82, 2.24) is 9.47 Å². The summed E-state index contributed by atoms with van der Waals surface area (Å²) < 4.78 is 37.0. The van der Waals surface area contributed by atoms with Crippen LogP contribution in [0.4, 0.5) is 14.5 Å². The fraction of sp³-hybridized carbons (Fsp3) is 0.233. The largest absolute Gasteiger partial charge is 0.496 e. The number of carbonyl (C=O) groups excluding carboxylic acids is 3. The van der Waals surface area contributed by atoms with Gasteiger partial charge in [0.05, 0.1) is 30.2 Å². The van der Waals surface area contributed by atoms with Gasteiger partial charge in [0.25, 0.3) is 0 Å². The topological polar surface area (TPSA) is 80.6 Å². The van der Waals surface area contributed by atoms with Gasteiger partial charge in [-0.25, -0.2) is 8.78 Å². The molecule has 1 aromatic heterocycles. The molecule has 2 unspecified atom stereocenters. The van der Waals surface area contributed by atoms with Crippen LogP contribution in [-0.2, 0) is 16.1 Å². The summed E-state index contributed by atoms with van der Waals surface area (Å²) in [6.45, 7) is 0.909. The molecule has 2 amide bonds. The summed E-state index contributed by atoms with van der Waals surface area (Å²) in [7, 11) is 1.49. The molecule has 1 aliphatic rings. The Morgan fingerprint density at radius 2 is 1.77 bits per heavy atom. The Hall–Kier alpha value is -4.24. The third-order valence-corrected chi connectivity index (χ3v) is 7.40. The van der Waals surface area contributed by atoms with E-state index in [1.807, 2.05) is 0 Å². The summed E-state index contributed by atoms with van der Waals surface area (Å²) in [5, 5.41) is 3.45. The van der Waals surface area contributed by atoms with E-state index >= 15 is 4.39 Å². The van der Waals surface area contributed by atoms with Crippen LogP contribution in [0.25, 0.3) is 22.0 Å². The van der Waals surface area contributed by atoms with E-state index in [1.165, 1.54) is 20.1 Å². The minimum absolute atomic E-state index is 0.105. The molecule has 0 radical (unpaired) electrons. The number of ether oxygens (including phenoxy) is 1. The van der Waals surface area contributed by atoms with E-state index < -0.39 is 29.8 Å². The van der Waals surface area contributed by atoms with Gasteiger partial charge in [-0.3, -0.25) is 14.4 Å². The quantitative estimate of drug-likeness (QED) is 0.283. The maximum Gasteiger partial charge on any atom is 0.247 e. The molecule has 40 heavy (non-hydrogen) atoms. The van der Waals surface area contributed by atoms with Gasteiger partial charge < -0.3 is 19.5 Å². The highest BCUT2D eigenvalue weighted by atomic mass is 35.5. The van der Waals surface area contributed by atoms with Crippen molar-refractivity contribution in [2.45, 2.75) is 32.1 Å². The minimum Gasteiger partial charge on any atom is -0.496 e. The number of aromatic nitrogens is 1. The lowest BCUT2D eigenvalue weighted by atomic mass is 10.0. The molecule has 206 valence electrons. The first-order valence-electron chi connectivity index (χ1n) is 12.6. The van der Waals surface area contributed by atoms with Gasteiger partial charge in [-0.05, 0) is 31.2 Å². The van der Waals surface area contributed by atoms with Gasteiger partial charge in [-0.1, -0.05) is 48.0 Å². The van der Waals surface area contributed by atoms with Crippen molar-refractivity contribution in [2.24, 2.45) is 0 Å². The van der Waals surface area contributed by atoms with Gasteiger partial charge in [0.15, 0.2) is 11.6 Å². The second-order valence-corrected chi connectivity index (χ2v) is 10.0. The molecule has 3 aromatic carbocycles. The van der Waals surface area contributed by atoms with Gasteiger partial charge in [0.1, 0.15) is 24.5 Å². The number of carbonyl (C=O) groups is 3. The number of alkyl halides is 1. The number of benzene rings is 3. The monoisotopic (exact) mass is 565 g/mol. The number of halogens is 3. The standard InChI is InChI=1S/C30H26ClF2N3O4/c1-17(37)21-15-35(24-11-6-12-26(40-2)28(21)24)16-27(38)36-14-18(32)13-25(36)30(39)34-23-10-5-8-20(29(23)33)19-7-3-4-9-22(19)31/h3-12,15,18,25H,13-14,16H2,1-2H3,(H,34,39). The number of nitrogens with one attached hydrogen (secondary N) is 1. The molecule has 1 fully saturated rings. The molecule has 4 aromatic rings. The number of ketones is 1. The van der Waals surface area contributed by atoms with E-state index in [1.54, 1.807) is 65.4 Å². The number of methoxy groups -OCH3 is 1. The number of fused-ring (bicyclic) bond motifs is 1. The second kappa shape index (κ2) is 11.1. The van der Waals surface area contributed by atoms with Gasteiger partial charge in [0.2, 0.25) is 11.8 Å². The SMILES string of the molecule is COc1cccc2c1c(C(C)=O)cn2CC(=O)N1CC(F)CC1C(=O)Nc1cccc(-c2ccccc2Cl)c1F. The van der Waals surface area contributed by atoms with Crippen molar-refractivity contribution in [1.29, 1.82) is 0 Å². The summed E-state index contributed by atoms with van der Waals surface area (Å²) in [6.07, 6.45) is -0.0861. The van der Waals surface area contributed by atoms with Crippen molar-refractivity contribution in [3.8, 4) is 16.9 Å². The molecule has 2 atom stereocenters. The molecular weight excluding hydrogens is 540 g/mol. The zero-order valence-electron chi connectivity index (χ0n) is 21.8. The first kappa shape index (κ1) is 27.3. The Morgan fingerprint density at radius 3 is 2.50 bits per heavy atom. The van der Waals surface area contributed by atoms with Crippen LogP contribution in [0.1, 0.15) is 23.7 Å². The van der Waals surface area contributed by atoms with Crippen molar-refractivity contribution >= 4 is 45.8 Å². The second-order valence-electron chi connectivity index (χ2n) is 9.61. The molecular formula is C30H26ClF2N3O4. The highest BCUT2D eigenvalue weighted by Gasteiger charge is 2.40. The predicted octanol–water partition coefficient (Wildman–Crippen LogP) is 5.89. The highest BCUT2D eigenvalue weighted by Crippen LogP contribution is 2.34. The van der Waals surface area contributed by atoms with Crippen molar-refractivity contribution in [3.63, 3.8) is 0 Å². The zero-order chi connectivity index (χ0) is 28.6. The summed E-state index contributed by atoms with van der Waals surface area (Å²) >= 11 is 6.23. The fourth-order valence-corrected chi connectivity index (χ4v) is 5.40. The summed E-state index contributed by atoms with van der Waals surface area (Å²) in [6, 6.07) is 15.3. The van der Waals surface area contributed by atoms with Crippen LogP contribution in [0.15, 0.2) is 66.9 Å². The number of amides is 2. The number of nitrogens with zero attached hydrogens (tertiary/aromatic N) is 2. The van der Waals surface area contributed by atoms with Crippen LogP contribution >= 0.6 is 11.6 Å². The van der Waals surface area contributed by atoms with Crippen molar-refractivity contribution in [2.75, 3.05) is 19.0 Å². The van der Waals surface area contributed by atoms with E-state index in [2.05, 4.69) is 5.32 Å². The Morgan fingerprint density at radius 1 is 1.05 bits per heavy atom. The van der Waals surface area contributed by atoms with Gasteiger partial charge in [-0.15, -0.1) is 0 Å². The number of anilines is 1. The molecule has 1 aliphatic heterocycles. The number of hydrogen-bond acceptors (Lipinski definition) is 4. The number of Topliss-reactive ketones (excluding diaryl/α,β-unsaturated/α-hetero) is 1. The molecule has 10 heteroatoms. The van der Waals surface area contributed by atoms with E-state index in [0.717, 1.165) is 4.90 Å². The molecule has 5 rings (SSSR count). The average molecular weight is 566 g/mol. The maximum absolute atomic E-state index is 15.4. The normalized spacial score (nSPS) is 16.8. The molecule has 7 nitrogen and oxygen atoms in total. The van der Waals surface area contributed by atoms with Gasteiger partial charge in [0, 0.05) is 34.3 Å². The lowest BCUT2D eigenvalue weighted by Crippen LogP contribution is -2.44. The van der Waals surface area contributed by atoms with Crippen molar-refractivity contribution in [3.05, 3.63) is 83.3 Å². The summed E-state index contributed by atoms with van der Waals surface area (Å²) in [5.41, 5.74) is 1.52. The lowest BCUT2D eigenvalue weighted by molar-refractivity contribution is -0.137. The first-order valence-corrected chi connectivity index (χ1v) is 13.0. The van der Waals surface area contributed by atoms with Crippen LogP contribution in [0, 0.1) is 5.82 Å². The van der Waals surface area contributed by atoms with Crippen LogP contribution in [0.2, 0.25) is 5.02 Å². The smallest absolute Gasteiger partial charge is 0.247 e. The van der Waals surface area contributed by atoms with E-state index in [0.29, 0.717) is 32.8 Å². The lowest BCUT2D eigenvalue weighted by Gasteiger charge is -2.24. The third kappa shape index (κ3) is 5.04.